The number of para-hydroxylation sites is 1. The molecule has 0 aliphatic carbocycles. The molecule has 1 N–H and O–H groups in total. The number of nitrogens with one attached hydrogen (secondary N) is 1. The van der Waals surface area contributed by atoms with E-state index in [-0.39, 0.29) is 0 Å². The van der Waals surface area contributed by atoms with Crippen LogP contribution < -0.4 is 10.2 Å². The number of hydrogen-bond donors (Lipinski definition) is 1. The van der Waals surface area contributed by atoms with Gasteiger partial charge in [0.05, 0.1) is 19.0 Å². The third-order valence-electron chi connectivity index (χ3n) is 4.29. The second-order valence-electron chi connectivity index (χ2n) is 6.09. The lowest BCUT2D eigenvalue weighted by molar-refractivity contribution is 0.414. The van der Waals surface area contributed by atoms with Crippen LogP contribution in [0.1, 0.15) is 5.56 Å². The first-order chi connectivity index (χ1) is 13.8. The van der Waals surface area contributed by atoms with Gasteiger partial charge in [0.25, 0.3) is 0 Å². The second kappa shape index (κ2) is 8.50. The molecular weight excluding hydrogens is 366 g/mol. The van der Waals surface area contributed by atoms with Crippen molar-refractivity contribution in [3.63, 3.8) is 0 Å². The van der Waals surface area contributed by atoms with Crippen LogP contribution in [0.25, 0.3) is 22.4 Å². The number of nitrogens with zero attached hydrogens (tertiary/aromatic N) is 2. The van der Waals surface area contributed by atoms with Crippen molar-refractivity contribution in [1.82, 2.24) is 4.98 Å². The number of thiazole rings is 1. The summed E-state index contributed by atoms with van der Waals surface area (Å²) >= 11 is 1.52. The van der Waals surface area contributed by atoms with Gasteiger partial charge in [-0.3, -0.25) is 5.43 Å². The molecule has 4 rings (SSSR count). The van der Waals surface area contributed by atoms with E-state index in [1.807, 2.05) is 47.8 Å². The highest BCUT2D eigenvalue weighted by Crippen LogP contribution is 2.27. The van der Waals surface area contributed by atoms with Crippen LogP contribution in [-0.2, 0) is 0 Å². The van der Waals surface area contributed by atoms with Crippen LogP contribution in [0.15, 0.2) is 89.3 Å². The Labute approximate surface area is 168 Å². The Morgan fingerprint density at radius 2 is 1.54 bits per heavy atom. The molecule has 1 aromatic heterocycles. The first-order valence-corrected chi connectivity index (χ1v) is 9.75. The van der Waals surface area contributed by atoms with Gasteiger partial charge >= 0.3 is 0 Å². The zero-order valence-electron chi connectivity index (χ0n) is 15.4. The van der Waals surface area contributed by atoms with Crippen LogP contribution in [0.2, 0.25) is 0 Å². The van der Waals surface area contributed by atoms with Crippen LogP contribution in [0.5, 0.6) is 5.75 Å². The Kier molecular flexibility index (Phi) is 5.45. The third-order valence-corrected chi connectivity index (χ3v) is 5.04. The lowest BCUT2D eigenvalue weighted by Crippen LogP contribution is -1.93. The molecule has 1 heterocycles. The van der Waals surface area contributed by atoms with Crippen molar-refractivity contribution < 1.29 is 4.74 Å². The molecule has 0 aliphatic heterocycles. The molecule has 0 amide bonds. The molecule has 4 nitrogen and oxygen atoms in total. The molecule has 0 saturated heterocycles. The highest BCUT2D eigenvalue weighted by atomic mass is 32.1. The standard InChI is InChI=1S/C23H19N3OS/c1-27-22-10-6-5-9-20(22)15-24-26-23-25-21(16-28-23)19-13-11-18(12-14-19)17-7-3-2-4-8-17/h2-16H,1H3,(H,25,26)/b24-15+. The van der Waals surface area contributed by atoms with Crippen LogP contribution in [0.3, 0.4) is 0 Å². The number of hydrogen-bond acceptors (Lipinski definition) is 5. The van der Waals surface area contributed by atoms with Gasteiger partial charge in [0.15, 0.2) is 0 Å². The van der Waals surface area contributed by atoms with E-state index in [2.05, 4.69) is 51.9 Å². The SMILES string of the molecule is COc1ccccc1/C=N/Nc1nc(-c2ccc(-c3ccccc3)cc2)cs1. The van der Waals surface area contributed by atoms with Crippen molar-refractivity contribution in [3.05, 3.63) is 89.8 Å². The Hall–Kier alpha value is -3.44. The zero-order valence-corrected chi connectivity index (χ0v) is 16.2. The summed E-state index contributed by atoms with van der Waals surface area (Å²) < 4.78 is 5.32. The fourth-order valence-corrected chi connectivity index (χ4v) is 3.52. The molecule has 4 aromatic rings. The van der Waals surface area contributed by atoms with Crippen molar-refractivity contribution >= 4 is 22.7 Å². The molecule has 0 atom stereocenters. The van der Waals surface area contributed by atoms with E-state index in [1.54, 1.807) is 13.3 Å². The van der Waals surface area contributed by atoms with Gasteiger partial charge in [-0.15, -0.1) is 11.3 Å². The van der Waals surface area contributed by atoms with E-state index in [1.165, 1.54) is 22.5 Å². The summed E-state index contributed by atoms with van der Waals surface area (Å²) in [4.78, 5) is 4.62. The fourth-order valence-electron chi connectivity index (χ4n) is 2.85. The number of aromatic nitrogens is 1. The van der Waals surface area contributed by atoms with E-state index in [4.69, 9.17) is 4.74 Å². The van der Waals surface area contributed by atoms with Gasteiger partial charge in [0, 0.05) is 16.5 Å². The van der Waals surface area contributed by atoms with Gasteiger partial charge in [-0.1, -0.05) is 66.7 Å². The lowest BCUT2D eigenvalue weighted by atomic mass is 10.0. The zero-order chi connectivity index (χ0) is 19.2. The molecule has 138 valence electrons. The second-order valence-corrected chi connectivity index (χ2v) is 6.95. The normalized spacial score (nSPS) is 10.9. The largest absolute Gasteiger partial charge is 0.496 e. The number of anilines is 1. The summed E-state index contributed by atoms with van der Waals surface area (Å²) in [7, 11) is 1.65. The number of benzene rings is 3. The summed E-state index contributed by atoms with van der Waals surface area (Å²) in [5.74, 6) is 0.784. The Balaban J connectivity index is 1.45. The minimum atomic E-state index is 0.744. The lowest BCUT2D eigenvalue weighted by Gasteiger charge is -2.03. The fraction of sp³-hybridized carbons (Fsp3) is 0.0435. The van der Waals surface area contributed by atoms with Gasteiger partial charge in [-0.25, -0.2) is 4.98 Å². The molecule has 3 aromatic carbocycles. The number of ether oxygens (including phenoxy) is 1. The minimum absolute atomic E-state index is 0.744. The number of rotatable bonds is 6. The highest BCUT2D eigenvalue weighted by molar-refractivity contribution is 7.14. The molecular formula is C23H19N3OS. The van der Waals surface area contributed by atoms with E-state index in [0.717, 1.165) is 27.7 Å². The average Bonchev–Trinajstić information content (AvgIpc) is 3.24. The van der Waals surface area contributed by atoms with E-state index in [0.29, 0.717) is 0 Å². The first-order valence-electron chi connectivity index (χ1n) is 8.87. The molecule has 0 bridgehead atoms. The van der Waals surface area contributed by atoms with Crippen molar-refractivity contribution in [2.45, 2.75) is 0 Å². The third kappa shape index (κ3) is 4.10. The Morgan fingerprint density at radius 1 is 0.857 bits per heavy atom. The van der Waals surface area contributed by atoms with Gasteiger partial charge in [-0.05, 0) is 23.3 Å². The molecule has 0 fully saturated rings. The van der Waals surface area contributed by atoms with Crippen molar-refractivity contribution in [3.8, 4) is 28.1 Å². The summed E-state index contributed by atoms with van der Waals surface area (Å²) in [5.41, 5.74) is 8.32. The topological polar surface area (TPSA) is 46.5 Å². The molecule has 28 heavy (non-hydrogen) atoms. The van der Waals surface area contributed by atoms with Crippen LogP contribution in [0, 0.1) is 0 Å². The van der Waals surface area contributed by atoms with Gasteiger partial charge in [0.1, 0.15) is 5.75 Å². The molecule has 0 spiro atoms. The molecule has 0 aliphatic rings. The number of hydrazone groups is 1. The summed E-state index contributed by atoms with van der Waals surface area (Å²) in [6, 6.07) is 26.5. The van der Waals surface area contributed by atoms with Crippen molar-refractivity contribution in [2.75, 3.05) is 12.5 Å². The number of methoxy groups -OCH3 is 1. The summed E-state index contributed by atoms with van der Waals surface area (Å²) in [6.07, 6.45) is 1.73. The maximum atomic E-state index is 5.32. The maximum absolute atomic E-state index is 5.32. The van der Waals surface area contributed by atoms with Crippen molar-refractivity contribution in [2.24, 2.45) is 5.10 Å². The van der Waals surface area contributed by atoms with Gasteiger partial charge in [0.2, 0.25) is 5.13 Å². The van der Waals surface area contributed by atoms with Crippen molar-refractivity contribution in [1.29, 1.82) is 0 Å². The maximum Gasteiger partial charge on any atom is 0.203 e. The summed E-state index contributed by atoms with van der Waals surface area (Å²) in [5, 5.41) is 7.04. The first kappa shape index (κ1) is 17.9. The molecule has 0 radical (unpaired) electrons. The van der Waals surface area contributed by atoms with E-state index < -0.39 is 0 Å². The Bertz CT molecular complexity index is 1070. The predicted molar refractivity (Wildman–Crippen MR) is 117 cm³/mol. The van der Waals surface area contributed by atoms with Gasteiger partial charge < -0.3 is 4.74 Å². The highest BCUT2D eigenvalue weighted by Gasteiger charge is 2.05. The van der Waals surface area contributed by atoms with Crippen LogP contribution in [0.4, 0.5) is 5.13 Å². The predicted octanol–water partition coefficient (Wildman–Crippen LogP) is 5.93. The van der Waals surface area contributed by atoms with Crippen LogP contribution >= 0.6 is 11.3 Å². The minimum Gasteiger partial charge on any atom is -0.496 e. The van der Waals surface area contributed by atoms with E-state index in [9.17, 15) is 0 Å². The average molecular weight is 385 g/mol. The molecule has 5 heteroatoms. The monoisotopic (exact) mass is 385 g/mol. The van der Waals surface area contributed by atoms with E-state index >= 15 is 0 Å². The van der Waals surface area contributed by atoms with Gasteiger partial charge in [-0.2, -0.15) is 5.10 Å². The smallest absolute Gasteiger partial charge is 0.203 e. The Morgan fingerprint density at radius 3 is 2.32 bits per heavy atom. The molecule has 0 saturated carbocycles. The quantitative estimate of drug-likeness (QED) is 0.330. The molecule has 0 unspecified atom stereocenters. The summed E-state index contributed by atoms with van der Waals surface area (Å²) in [6.45, 7) is 0. The van der Waals surface area contributed by atoms with Crippen LogP contribution in [-0.4, -0.2) is 18.3 Å².